The van der Waals surface area contributed by atoms with Gasteiger partial charge in [-0.15, -0.1) is 35.3 Å². The van der Waals surface area contributed by atoms with Crippen molar-refractivity contribution in [3.63, 3.8) is 0 Å². The van der Waals surface area contributed by atoms with Gasteiger partial charge in [0.05, 0.1) is 12.2 Å². The summed E-state index contributed by atoms with van der Waals surface area (Å²) in [5, 5.41) is 6.72. The van der Waals surface area contributed by atoms with Crippen LogP contribution in [0.25, 0.3) is 0 Å². The van der Waals surface area contributed by atoms with Crippen molar-refractivity contribution in [3.05, 3.63) is 47.0 Å². The molecule has 0 radical (unpaired) electrons. The number of hydrogen-bond donors (Lipinski definition) is 1. The molecule has 2 fully saturated rings. The minimum absolute atomic E-state index is 0. The number of thiazole rings is 1. The Morgan fingerprint density at radius 3 is 2.74 bits per heavy atom. The minimum atomic E-state index is 0. The maximum atomic E-state index is 4.68. The number of rotatable bonds is 5. The third-order valence-electron chi connectivity index (χ3n) is 6.27. The molecule has 2 aliphatic rings. The van der Waals surface area contributed by atoms with E-state index in [1.807, 2.05) is 21.1 Å². The first-order chi connectivity index (χ1) is 14.6. The summed E-state index contributed by atoms with van der Waals surface area (Å²) >= 11 is 1.68. The number of anilines is 1. The molecule has 0 aliphatic carbocycles. The van der Waals surface area contributed by atoms with E-state index in [1.165, 1.54) is 31.4 Å². The molecule has 3 heterocycles. The van der Waals surface area contributed by atoms with Gasteiger partial charge in [0.15, 0.2) is 11.1 Å². The zero-order chi connectivity index (χ0) is 20.9. The van der Waals surface area contributed by atoms with Gasteiger partial charge in [0, 0.05) is 52.2 Å². The Morgan fingerprint density at radius 1 is 1.23 bits per heavy atom. The molecule has 1 aromatic carbocycles. The molecular weight excluding hydrogens is 519 g/mol. The van der Waals surface area contributed by atoms with E-state index in [4.69, 9.17) is 0 Å². The maximum absolute atomic E-state index is 4.68. The van der Waals surface area contributed by atoms with Crippen molar-refractivity contribution < 1.29 is 0 Å². The van der Waals surface area contributed by atoms with Crippen molar-refractivity contribution in [2.75, 3.05) is 45.7 Å². The lowest BCUT2D eigenvalue weighted by molar-refractivity contribution is 0.0372. The quantitative estimate of drug-likeness (QED) is 0.346. The number of halogens is 1. The Bertz CT molecular complexity index is 840. The molecule has 1 N–H and O–H groups in total. The van der Waals surface area contributed by atoms with Gasteiger partial charge < -0.3 is 15.1 Å². The number of piperidine rings is 2. The van der Waals surface area contributed by atoms with Crippen molar-refractivity contribution in [2.24, 2.45) is 10.9 Å². The Kier molecular flexibility index (Phi) is 8.97. The smallest absolute Gasteiger partial charge is 0.193 e. The number of nitrogens with one attached hydrogen (secondary N) is 1. The largest absolute Gasteiger partial charge is 0.354 e. The molecule has 2 unspecified atom stereocenters. The molecule has 2 saturated heterocycles. The maximum Gasteiger partial charge on any atom is 0.193 e. The highest BCUT2D eigenvalue weighted by atomic mass is 127. The Labute approximate surface area is 207 Å². The average molecular weight is 555 g/mol. The number of guanidine groups is 1. The van der Waals surface area contributed by atoms with Crippen LogP contribution in [0.1, 0.15) is 30.5 Å². The van der Waals surface area contributed by atoms with Gasteiger partial charge in [-0.3, -0.25) is 9.89 Å². The van der Waals surface area contributed by atoms with Crippen LogP contribution in [0.4, 0.5) is 5.13 Å². The normalized spacial score (nSPS) is 21.9. The summed E-state index contributed by atoms with van der Waals surface area (Å²) in [7, 11) is 5.96. The van der Waals surface area contributed by atoms with E-state index in [2.05, 4.69) is 65.7 Å². The fourth-order valence-electron chi connectivity index (χ4n) is 4.80. The molecule has 0 amide bonds. The van der Waals surface area contributed by atoms with Crippen LogP contribution >= 0.6 is 35.3 Å². The van der Waals surface area contributed by atoms with Crippen LogP contribution in [0.3, 0.4) is 0 Å². The zero-order valence-corrected chi connectivity index (χ0v) is 22.0. The summed E-state index contributed by atoms with van der Waals surface area (Å²) in [5.41, 5.74) is 2.50. The highest BCUT2D eigenvalue weighted by Gasteiger charge is 2.36. The molecule has 2 aromatic rings. The predicted molar refractivity (Wildman–Crippen MR) is 142 cm³/mol. The second-order valence-electron chi connectivity index (χ2n) is 8.58. The van der Waals surface area contributed by atoms with Gasteiger partial charge in [0.1, 0.15) is 0 Å². The van der Waals surface area contributed by atoms with Crippen molar-refractivity contribution in [1.82, 2.24) is 20.1 Å². The Hall–Kier alpha value is -1.39. The molecule has 2 atom stereocenters. The molecule has 2 aliphatic heterocycles. The zero-order valence-electron chi connectivity index (χ0n) is 18.8. The van der Waals surface area contributed by atoms with E-state index in [0.29, 0.717) is 6.04 Å². The van der Waals surface area contributed by atoms with Crippen LogP contribution < -0.4 is 10.2 Å². The molecule has 170 valence electrons. The van der Waals surface area contributed by atoms with Crippen molar-refractivity contribution in [3.8, 4) is 0 Å². The first-order valence-corrected chi connectivity index (χ1v) is 11.9. The standard InChI is InChI=1S/C23H34N6S.HI/c1-24-22(25-14-20-17-30-23(26-20)27(2)3)29-13-11-21-19(16-29)10-7-12-28(21)15-18-8-5-4-6-9-18;/h4-6,8-9,17,19,21H,7,10-16H2,1-3H3,(H,24,25);1H. The lowest BCUT2D eigenvalue weighted by atomic mass is 9.83. The SMILES string of the molecule is CN=C(NCc1csc(N(C)C)n1)N1CCC2C(CCCN2Cc2ccccc2)C1.I. The molecule has 0 bridgehead atoms. The molecule has 4 rings (SSSR count). The van der Waals surface area contributed by atoms with Gasteiger partial charge >= 0.3 is 0 Å². The van der Waals surface area contributed by atoms with Crippen LogP contribution in [-0.4, -0.2) is 67.6 Å². The summed E-state index contributed by atoms with van der Waals surface area (Å²) in [6, 6.07) is 11.6. The summed E-state index contributed by atoms with van der Waals surface area (Å²) in [4.78, 5) is 16.5. The van der Waals surface area contributed by atoms with Crippen molar-refractivity contribution >= 4 is 46.4 Å². The van der Waals surface area contributed by atoms with Gasteiger partial charge in [-0.05, 0) is 37.3 Å². The number of likely N-dealkylation sites (tertiary alicyclic amines) is 2. The van der Waals surface area contributed by atoms with E-state index in [1.54, 1.807) is 11.3 Å². The third kappa shape index (κ3) is 6.10. The monoisotopic (exact) mass is 554 g/mol. The van der Waals surface area contributed by atoms with Gasteiger partial charge in [0.2, 0.25) is 0 Å². The number of nitrogens with zero attached hydrogens (tertiary/aromatic N) is 5. The highest BCUT2D eigenvalue weighted by molar-refractivity contribution is 14.0. The summed E-state index contributed by atoms with van der Waals surface area (Å²) in [5.74, 6) is 1.72. The van der Waals surface area contributed by atoms with Crippen LogP contribution in [0, 0.1) is 5.92 Å². The minimum Gasteiger partial charge on any atom is -0.354 e. The van der Waals surface area contributed by atoms with Crippen LogP contribution in [0.5, 0.6) is 0 Å². The first kappa shape index (κ1) is 24.3. The molecule has 8 heteroatoms. The van der Waals surface area contributed by atoms with E-state index >= 15 is 0 Å². The number of benzene rings is 1. The second kappa shape index (κ2) is 11.5. The fourth-order valence-corrected chi connectivity index (χ4v) is 5.56. The topological polar surface area (TPSA) is 47.0 Å². The summed E-state index contributed by atoms with van der Waals surface area (Å²) < 4.78 is 0. The van der Waals surface area contributed by atoms with Gasteiger partial charge in [-0.2, -0.15) is 0 Å². The Morgan fingerprint density at radius 2 is 2.03 bits per heavy atom. The number of hydrogen-bond acceptors (Lipinski definition) is 5. The molecular formula is C23H35IN6S. The van der Waals surface area contributed by atoms with E-state index < -0.39 is 0 Å². The number of fused-ring (bicyclic) bond motifs is 1. The van der Waals surface area contributed by atoms with Gasteiger partial charge in [-0.25, -0.2) is 4.98 Å². The van der Waals surface area contributed by atoms with E-state index in [-0.39, 0.29) is 24.0 Å². The van der Waals surface area contributed by atoms with E-state index in [9.17, 15) is 0 Å². The number of aliphatic imine (C=N–C) groups is 1. The summed E-state index contributed by atoms with van der Waals surface area (Å²) in [6.45, 7) is 5.18. The molecule has 0 saturated carbocycles. The van der Waals surface area contributed by atoms with Crippen molar-refractivity contribution in [1.29, 1.82) is 0 Å². The van der Waals surface area contributed by atoms with E-state index in [0.717, 1.165) is 48.9 Å². The molecule has 0 spiro atoms. The first-order valence-electron chi connectivity index (χ1n) is 11.0. The van der Waals surface area contributed by atoms with Gasteiger partial charge in [-0.1, -0.05) is 30.3 Å². The lowest BCUT2D eigenvalue weighted by Gasteiger charge is -2.48. The molecule has 31 heavy (non-hydrogen) atoms. The lowest BCUT2D eigenvalue weighted by Crippen LogP contribution is -2.56. The number of aromatic nitrogens is 1. The second-order valence-corrected chi connectivity index (χ2v) is 9.41. The Balaban J connectivity index is 0.00000272. The average Bonchev–Trinajstić information content (AvgIpc) is 3.24. The van der Waals surface area contributed by atoms with Crippen LogP contribution in [0.15, 0.2) is 40.7 Å². The van der Waals surface area contributed by atoms with Crippen LogP contribution in [-0.2, 0) is 13.1 Å². The summed E-state index contributed by atoms with van der Waals surface area (Å²) in [6.07, 6.45) is 3.82. The van der Waals surface area contributed by atoms with Crippen molar-refractivity contribution in [2.45, 2.75) is 38.4 Å². The highest BCUT2D eigenvalue weighted by Crippen LogP contribution is 2.31. The van der Waals surface area contributed by atoms with Gasteiger partial charge in [0.25, 0.3) is 0 Å². The molecule has 6 nitrogen and oxygen atoms in total. The van der Waals surface area contributed by atoms with Crippen LogP contribution in [0.2, 0.25) is 0 Å². The third-order valence-corrected chi connectivity index (χ3v) is 7.33. The predicted octanol–water partition coefficient (Wildman–Crippen LogP) is 3.89. The fraction of sp³-hybridized carbons (Fsp3) is 0.565. The molecule has 1 aromatic heterocycles.